The fraction of sp³-hybridized carbons (Fsp3) is 0.579. The average molecular weight is 346 g/mol. The molecule has 1 aromatic carbocycles. The standard InChI is InChI=1S/C19H26N2O2S/c1-12-8-15(19(3,4)5)9-13(2)16(12)10-24(22)11-17-20-21-18(23-17)14-6-7-14/h8-9,14H,6-7,10-11H2,1-5H3/t24-/m1/s1. The van der Waals surface area contributed by atoms with Gasteiger partial charge in [-0.05, 0) is 54.4 Å². The SMILES string of the molecule is Cc1cc(C(C)(C)C)cc(C)c1C[S@@](=O)Cc1nnc(C2CC2)o1. The van der Waals surface area contributed by atoms with E-state index in [0.717, 1.165) is 12.8 Å². The van der Waals surface area contributed by atoms with E-state index in [1.807, 2.05) is 0 Å². The zero-order valence-corrected chi connectivity index (χ0v) is 16.0. The number of rotatable bonds is 5. The van der Waals surface area contributed by atoms with Gasteiger partial charge in [0.25, 0.3) is 0 Å². The van der Waals surface area contributed by atoms with Crippen LogP contribution in [-0.2, 0) is 27.7 Å². The summed E-state index contributed by atoms with van der Waals surface area (Å²) >= 11 is 0. The lowest BCUT2D eigenvalue weighted by Crippen LogP contribution is -2.13. The molecule has 4 nitrogen and oxygen atoms in total. The third-order valence-corrected chi connectivity index (χ3v) is 5.74. The van der Waals surface area contributed by atoms with Crippen molar-refractivity contribution in [3.8, 4) is 0 Å². The second-order valence-corrected chi connectivity index (χ2v) is 9.33. The molecule has 0 saturated heterocycles. The normalized spacial score (nSPS) is 16.4. The molecule has 1 atom stereocenters. The minimum Gasteiger partial charge on any atom is -0.424 e. The van der Waals surface area contributed by atoms with Gasteiger partial charge in [0.1, 0.15) is 5.75 Å². The van der Waals surface area contributed by atoms with Crippen LogP contribution in [0.3, 0.4) is 0 Å². The molecule has 5 heteroatoms. The van der Waals surface area contributed by atoms with Crippen LogP contribution in [0.5, 0.6) is 0 Å². The van der Waals surface area contributed by atoms with Crippen LogP contribution >= 0.6 is 0 Å². The van der Waals surface area contributed by atoms with Crippen molar-refractivity contribution in [1.82, 2.24) is 10.2 Å². The van der Waals surface area contributed by atoms with Crippen molar-refractivity contribution >= 4 is 10.8 Å². The van der Waals surface area contributed by atoms with E-state index in [-0.39, 0.29) is 5.41 Å². The molecule has 0 bridgehead atoms. The number of aromatic nitrogens is 2. The number of hydrogen-bond donors (Lipinski definition) is 0. The van der Waals surface area contributed by atoms with Crippen molar-refractivity contribution in [2.24, 2.45) is 0 Å². The molecule has 0 unspecified atom stereocenters. The van der Waals surface area contributed by atoms with Crippen molar-refractivity contribution in [1.29, 1.82) is 0 Å². The van der Waals surface area contributed by atoms with Crippen LogP contribution in [0.25, 0.3) is 0 Å². The van der Waals surface area contributed by atoms with Gasteiger partial charge in [-0.2, -0.15) is 0 Å². The summed E-state index contributed by atoms with van der Waals surface area (Å²) in [5.41, 5.74) is 5.02. The van der Waals surface area contributed by atoms with Crippen LogP contribution in [0.1, 0.15) is 73.6 Å². The van der Waals surface area contributed by atoms with E-state index in [1.165, 1.54) is 22.3 Å². The smallest absolute Gasteiger partial charge is 0.229 e. The molecule has 0 spiro atoms. The molecule has 24 heavy (non-hydrogen) atoms. The van der Waals surface area contributed by atoms with E-state index in [1.54, 1.807) is 0 Å². The van der Waals surface area contributed by atoms with Gasteiger partial charge in [0, 0.05) is 22.5 Å². The van der Waals surface area contributed by atoms with Gasteiger partial charge in [0.05, 0.1) is 0 Å². The third kappa shape index (κ3) is 3.94. The second kappa shape index (κ2) is 6.43. The summed E-state index contributed by atoms with van der Waals surface area (Å²) in [5, 5.41) is 8.10. The Morgan fingerprint density at radius 2 is 1.75 bits per heavy atom. The molecule has 0 N–H and O–H groups in total. The number of nitrogens with zero attached hydrogens (tertiary/aromatic N) is 2. The van der Waals surface area contributed by atoms with Crippen LogP contribution in [-0.4, -0.2) is 14.4 Å². The van der Waals surface area contributed by atoms with Crippen LogP contribution in [0.2, 0.25) is 0 Å². The van der Waals surface area contributed by atoms with Gasteiger partial charge in [-0.3, -0.25) is 4.21 Å². The number of hydrogen-bond acceptors (Lipinski definition) is 4. The maximum absolute atomic E-state index is 12.5. The average Bonchev–Trinajstić information content (AvgIpc) is 3.22. The lowest BCUT2D eigenvalue weighted by molar-refractivity contribution is 0.465. The number of aryl methyl sites for hydroxylation is 2. The molecule has 2 aromatic rings. The first kappa shape index (κ1) is 17.3. The van der Waals surface area contributed by atoms with Gasteiger partial charge in [0.2, 0.25) is 11.8 Å². The molecular weight excluding hydrogens is 320 g/mol. The zero-order chi connectivity index (χ0) is 17.5. The largest absolute Gasteiger partial charge is 0.424 e. The Morgan fingerprint density at radius 1 is 1.12 bits per heavy atom. The Bertz CT molecular complexity index is 747. The molecule has 1 aliphatic carbocycles. The van der Waals surface area contributed by atoms with Gasteiger partial charge in [-0.25, -0.2) is 0 Å². The first-order valence-corrected chi connectivity index (χ1v) is 10.0. The van der Waals surface area contributed by atoms with E-state index in [4.69, 9.17) is 4.42 Å². The lowest BCUT2D eigenvalue weighted by atomic mass is 9.84. The highest BCUT2D eigenvalue weighted by Crippen LogP contribution is 2.39. The van der Waals surface area contributed by atoms with Crippen molar-refractivity contribution < 1.29 is 8.63 Å². The summed E-state index contributed by atoms with van der Waals surface area (Å²) < 4.78 is 18.2. The monoisotopic (exact) mass is 346 g/mol. The van der Waals surface area contributed by atoms with Gasteiger partial charge in [-0.1, -0.05) is 32.9 Å². The Balaban J connectivity index is 1.71. The molecule has 0 aliphatic heterocycles. The third-order valence-electron chi connectivity index (χ3n) is 4.56. The first-order valence-electron chi connectivity index (χ1n) is 8.52. The Hall–Kier alpha value is -1.49. The zero-order valence-electron chi connectivity index (χ0n) is 15.2. The summed E-state index contributed by atoms with van der Waals surface area (Å²) in [7, 11) is -1.05. The lowest BCUT2D eigenvalue weighted by Gasteiger charge is -2.22. The summed E-state index contributed by atoms with van der Waals surface area (Å²) in [6.45, 7) is 10.9. The Labute approximate surface area is 146 Å². The minimum absolute atomic E-state index is 0.121. The van der Waals surface area contributed by atoms with Crippen LogP contribution < -0.4 is 0 Å². The predicted octanol–water partition coefficient (Wildman–Crippen LogP) is 4.31. The van der Waals surface area contributed by atoms with Gasteiger partial charge < -0.3 is 4.42 Å². The molecule has 3 rings (SSSR count). The molecule has 1 saturated carbocycles. The maximum atomic E-state index is 12.5. The highest BCUT2D eigenvalue weighted by Gasteiger charge is 2.29. The molecule has 0 amide bonds. The van der Waals surface area contributed by atoms with Gasteiger partial charge in [-0.15, -0.1) is 10.2 Å². The Morgan fingerprint density at radius 3 is 2.29 bits per heavy atom. The second-order valence-electron chi connectivity index (χ2n) is 7.88. The van der Waals surface area contributed by atoms with E-state index >= 15 is 0 Å². The summed E-state index contributed by atoms with van der Waals surface area (Å²) in [6, 6.07) is 4.44. The molecular formula is C19H26N2O2S. The summed E-state index contributed by atoms with van der Waals surface area (Å²) in [6.07, 6.45) is 2.26. The summed E-state index contributed by atoms with van der Waals surface area (Å²) in [5.74, 6) is 2.51. The van der Waals surface area contributed by atoms with E-state index in [9.17, 15) is 4.21 Å². The highest BCUT2D eigenvalue weighted by molar-refractivity contribution is 7.83. The van der Waals surface area contributed by atoms with Gasteiger partial charge >= 0.3 is 0 Å². The van der Waals surface area contributed by atoms with E-state index in [2.05, 4.69) is 56.9 Å². The van der Waals surface area contributed by atoms with Gasteiger partial charge in [0.15, 0.2) is 0 Å². The van der Waals surface area contributed by atoms with Crippen LogP contribution in [0.15, 0.2) is 16.5 Å². The predicted molar refractivity (Wildman–Crippen MR) is 96.4 cm³/mol. The first-order chi connectivity index (χ1) is 11.2. The van der Waals surface area contributed by atoms with Crippen molar-refractivity contribution in [2.45, 2.75) is 70.3 Å². The molecule has 1 aromatic heterocycles. The highest BCUT2D eigenvalue weighted by atomic mass is 32.2. The fourth-order valence-electron chi connectivity index (χ4n) is 2.82. The van der Waals surface area contributed by atoms with Crippen LogP contribution in [0.4, 0.5) is 0 Å². The molecule has 1 heterocycles. The minimum atomic E-state index is -1.05. The van der Waals surface area contributed by atoms with Crippen LogP contribution in [0, 0.1) is 13.8 Å². The van der Waals surface area contributed by atoms with Crippen molar-refractivity contribution in [2.75, 3.05) is 0 Å². The topological polar surface area (TPSA) is 56.0 Å². The Kier molecular flexibility index (Phi) is 4.65. The van der Waals surface area contributed by atoms with E-state index in [0.29, 0.717) is 29.2 Å². The van der Waals surface area contributed by atoms with E-state index < -0.39 is 10.8 Å². The quantitative estimate of drug-likeness (QED) is 0.809. The summed E-state index contributed by atoms with van der Waals surface area (Å²) in [4.78, 5) is 0. The molecule has 130 valence electrons. The van der Waals surface area contributed by atoms with Crippen molar-refractivity contribution in [3.05, 3.63) is 46.2 Å². The fourth-order valence-corrected chi connectivity index (χ4v) is 4.10. The molecule has 0 radical (unpaired) electrons. The molecule has 1 aliphatic rings. The maximum Gasteiger partial charge on any atom is 0.229 e. The van der Waals surface area contributed by atoms with Crippen molar-refractivity contribution in [3.63, 3.8) is 0 Å². The molecule has 1 fully saturated rings. The number of benzene rings is 1.